The maximum atomic E-state index is 9.75. The summed E-state index contributed by atoms with van der Waals surface area (Å²) in [6, 6.07) is 3.35. The second-order valence-electron chi connectivity index (χ2n) is 3.80. The number of aromatic hydroxyl groups is 1. The first-order chi connectivity index (χ1) is 8.49. The van der Waals surface area contributed by atoms with E-state index >= 15 is 0 Å². The molecule has 0 saturated carbocycles. The van der Waals surface area contributed by atoms with Crippen LogP contribution in [-0.2, 0) is 11.3 Å². The first-order valence-corrected chi connectivity index (χ1v) is 5.68. The maximum absolute atomic E-state index is 9.75. The first-order valence-electron chi connectivity index (χ1n) is 5.27. The monoisotopic (exact) mass is 271 g/mol. The molecule has 0 fully saturated rings. The van der Waals surface area contributed by atoms with Crippen LogP contribution in [0.25, 0.3) is 0 Å². The number of nitrogens with zero attached hydrogens (tertiary/aromatic N) is 1. The van der Waals surface area contributed by atoms with Crippen molar-refractivity contribution >= 4 is 17.4 Å². The highest BCUT2D eigenvalue weighted by Gasteiger charge is 2.12. The number of benzene rings is 1. The molecule has 0 aliphatic rings. The fraction of sp³-hybridized carbons (Fsp3) is 0.417. The average molecular weight is 271 g/mol. The molecule has 1 N–H and O–H groups in total. The second-order valence-corrected chi connectivity index (χ2v) is 4.15. The smallest absolute Gasteiger partial charge is 0.259 e. The van der Waals surface area contributed by atoms with E-state index in [4.69, 9.17) is 26.4 Å². The van der Waals surface area contributed by atoms with Crippen molar-refractivity contribution < 1.29 is 19.3 Å². The molecule has 0 amide bonds. The standard InChI is InChI=1S/C12H17NO4S/c1-13(2)12(18)17-7-8-5-9(15-3)11(14)10(6-8)16-4/h5-6,14H,7H2,1-4H3. The van der Waals surface area contributed by atoms with E-state index in [-0.39, 0.29) is 12.4 Å². The number of rotatable bonds is 4. The van der Waals surface area contributed by atoms with Gasteiger partial charge in [0.05, 0.1) is 14.2 Å². The number of hydrogen-bond acceptors (Lipinski definition) is 5. The van der Waals surface area contributed by atoms with Gasteiger partial charge >= 0.3 is 0 Å². The zero-order valence-electron chi connectivity index (χ0n) is 10.9. The fourth-order valence-electron chi connectivity index (χ4n) is 1.31. The Hall–Kier alpha value is -1.69. The molecule has 0 spiro atoms. The molecule has 0 radical (unpaired) electrons. The Labute approximate surface area is 112 Å². The molecule has 0 bridgehead atoms. The lowest BCUT2D eigenvalue weighted by atomic mass is 10.2. The van der Waals surface area contributed by atoms with Crippen molar-refractivity contribution in [3.63, 3.8) is 0 Å². The van der Waals surface area contributed by atoms with E-state index in [9.17, 15) is 5.11 Å². The van der Waals surface area contributed by atoms with Crippen LogP contribution in [0, 0.1) is 0 Å². The van der Waals surface area contributed by atoms with Crippen molar-refractivity contribution in [1.82, 2.24) is 4.90 Å². The van der Waals surface area contributed by atoms with E-state index in [1.807, 2.05) is 0 Å². The van der Waals surface area contributed by atoms with Crippen LogP contribution in [0.1, 0.15) is 5.56 Å². The lowest BCUT2D eigenvalue weighted by molar-refractivity contribution is 0.255. The summed E-state index contributed by atoms with van der Waals surface area (Å²) in [7, 11) is 6.56. The van der Waals surface area contributed by atoms with Gasteiger partial charge in [-0.15, -0.1) is 0 Å². The predicted molar refractivity (Wildman–Crippen MR) is 72.3 cm³/mol. The van der Waals surface area contributed by atoms with Crippen LogP contribution in [-0.4, -0.2) is 43.5 Å². The van der Waals surface area contributed by atoms with Crippen molar-refractivity contribution in [2.45, 2.75) is 6.61 Å². The van der Waals surface area contributed by atoms with Crippen molar-refractivity contribution in [2.24, 2.45) is 0 Å². The van der Waals surface area contributed by atoms with Crippen LogP contribution in [0.5, 0.6) is 17.2 Å². The number of ether oxygens (including phenoxy) is 3. The van der Waals surface area contributed by atoms with Crippen LogP contribution < -0.4 is 9.47 Å². The van der Waals surface area contributed by atoms with Crippen LogP contribution in [0.15, 0.2) is 12.1 Å². The Morgan fingerprint density at radius 1 is 1.22 bits per heavy atom. The third kappa shape index (κ3) is 3.40. The summed E-state index contributed by atoms with van der Waals surface area (Å²) in [6.07, 6.45) is 0. The van der Waals surface area contributed by atoms with Gasteiger partial charge in [-0.25, -0.2) is 0 Å². The molecule has 6 heteroatoms. The highest BCUT2D eigenvalue weighted by atomic mass is 32.1. The molecule has 0 aliphatic carbocycles. The molecular formula is C12H17NO4S. The van der Waals surface area contributed by atoms with E-state index in [0.717, 1.165) is 5.56 Å². The molecular weight excluding hydrogens is 254 g/mol. The highest BCUT2D eigenvalue weighted by Crippen LogP contribution is 2.37. The van der Waals surface area contributed by atoms with Crippen molar-refractivity contribution in [1.29, 1.82) is 0 Å². The van der Waals surface area contributed by atoms with Gasteiger partial charge in [0.1, 0.15) is 6.61 Å². The molecule has 18 heavy (non-hydrogen) atoms. The number of phenolic OH excluding ortho intramolecular Hbond substituents is 1. The van der Waals surface area contributed by atoms with Crippen molar-refractivity contribution in [3.05, 3.63) is 17.7 Å². The van der Waals surface area contributed by atoms with E-state index in [0.29, 0.717) is 16.7 Å². The number of thiocarbonyl (C=S) groups is 1. The van der Waals surface area contributed by atoms with Gasteiger partial charge in [-0.2, -0.15) is 0 Å². The summed E-state index contributed by atoms with van der Waals surface area (Å²) in [5.74, 6) is 0.645. The summed E-state index contributed by atoms with van der Waals surface area (Å²) in [4.78, 5) is 1.70. The first kappa shape index (κ1) is 14.4. The summed E-state index contributed by atoms with van der Waals surface area (Å²) in [6.45, 7) is 0.282. The van der Waals surface area contributed by atoms with Crippen LogP contribution >= 0.6 is 12.2 Å². The quantitative estimate of drug-likeness (QED) is 0.842. The van der Waals surface area contributed by atoms with Gasteiger partial charge < -0.3 is 24.2 Å². The SMILES string of the molecule is COc1cc(COC(=S)N(C)C)cc(OC)c1O. The van der Waals surface area contributed by atoms with Gasteiger partial charge in [0.15, 0.2) is 11.5 Å². The third-order valence-electron chi connectivity index (χ3n) is 2.27. The number of hydrogen-bond donors (Lipinski definition) is 1. The minimum Gasteiger partial charge on any atom is -0.502 e. The molecule has 0 saturated heterocycles. The number of methoxy groups -OCH3 is 2. The van der Waals surface area contributed by atoms with E-state index < -0.39 is 0 Å². The molecule has 0 aliphatic heterocycles. The number of phenols is 1. The minimum atomic E-state index is -0.0288. The topological polar surface area (TPSA) is 51.2 Å². The molecule has 0 atom stereocenters. The molecule has 5 nitrogen and oxygen atoms in total. The molecule has 100 valence electrons. The van der Waals surface area contributed by atoms with Crippen molar-refractivity contribution in [2.75, 3.05) is 28.3 Å². The van der Waals surface area contributed by atoms with Crippen molar-refractivity contribution in [3.8, 4) is 17.2 Å². The summed E-state index contributed by atoms with van der Waals surface area (Å²) in [5, 5.41) is 10.1. The van der Waals surface area contributed by atoms with Gasteiger partial charge in [-0.3, -0.25) is 0 Å². The molecule has 0 heterocycles. The van der Waals surface area contributed by atoms with Gasteiger partial charge in [-0.05, 0) is 29.9 Å². The molecule has 1 aromatic carbocycles. The predicted octanol–water partition coefficient (Wildman–Crippen LogP) is 1.77. The lowest BCUT2D eigenvalue weighted by Gasteiger charge is -2.15. The van der Waals surface area contributed by atoms with Gasteiger partial charge in [0, 0.05) is 14.1 Å². The summed E-state index contributed by atoms with van der Waals surface area (Å²) >= 11 is 5.02. The zero-order chi connectivity index (χ0) is 13.7. The molecule has 1 aromatic rings. The summed E-state index contributed by atoms with van der Waals surface area (Å²) in [5.41, 5.74) is 0.797. The third-order valence-corrected chi connectivity index (χ3v) is 2.75. The van der Waals surface area contributed by atoms with Crippen LogP contribution in [0.3, 0.4) is 0 Å². The highest BCUT2D eigenvalue weighted by molar-refractivity contribution is 7.79. The lowest BCUT2D eigenvalue weighted by Crippen LogP contribution is -2.22. The van der Waals surface area contributed by atoms with Gasteiger partial charge in [-0.1, -0.05) is 0 Å². The Kier molecular flexibility index (Phi) is 5.03. The van der Waals surface area contributed by atoms with E-state index in [1.165, 1.54) is 14.2 Å². The molecule has 1 rings (SSSR count). The van der Waals surface area contributed by atoms with E-state index in [2.05, 4.69) is 0 Å². The largest absolute Gasteiger partial charge is 0.502 e. The van der Waals surface area contributed by atoms with Crippen LogP contribution in [0.4, 0.5) is 0 Å². The van der Waals surface area contributed by atoms with Gasteiger partial charge in [0.2, 0.25) is 5.75 Å². The van der Waals surface area contributed by atoms with Crippen LogP contribution in [0.2, 0.25) is 0 Å². The minimum absolute atomic E-state index is 0.0288. The maximum Gasteiger partial charge on any atom is 0.259 e. The van der Waals surface area contributed by atoms with Gasteiger partial charge in [0.25, 0.3) is 5.17 Å². The zero-order valence-corrected chi connectivity index (χ0v) is 11.7. The Bertz CT molecular complexity index is 409. The fourth-order valence-corrected chi connectivity index (χ4v) is 1.36. The molecule has 0 aromatic heterocycles. The Balaban J connectivity index is 2.86. The molecule has 0 unspecified atom stereocenters. The average Bonchev–Trinajstić information content (AvgIpc) is 2.36. The Morgan fingerprint density at radius 3 is 2.11 bits per heavy atom. The normalized spacial score (nSPS) is 9.78. The van der Waals surface area contributed by atoms with E-state index in [1.54, 1.807) is 31.1 Å². The second kappa shape index (κ2) is 6.30. The Morgan fingerprint density at radius 2 is 1.72 bits per heavy atom. The summed E-state index contributed by atoms with van der Waals surface area (Å²) < 4.78 is 15.5.